The third-order valence-corrected chi connectivity index (χ3v) is 3.63. The summed E-state index contributed by atoms with van der Waals surface area (Å²) in [6.45, 7) is 6.37. The summed E-state index contributed by atoms with van der Waals surface area (Å²) in [5, 5.41) is 12.2. The Balaban J connectivity index is 1.79. The van der Waals surface area contributed by atoms with Gasteiger partial charge in [0.05, 0.1) is 5.69 Å². The number of nitrogens with zero attached hydrogens (tertiary/aromatic N) is 3. The summed E-state index contributed by atoms with van der Waals surface area (Å²) < 4.78 is 0. The predicted molar refractivity (Wildman–Crippen MR) is 81.7 cm³/mol. The fraction of sp³-hybridized carbons (Fsp3) is 0.375. The molecule has 1 fully saturated rings. The molecule has 1 aliphatic heterocycles. The molecule has 2 heterocycles. The largest absolute Gasteiger partial charge is 0.354 e. The van der Waals surface area contributed by atoms with Crippen molar-refractivity contribution >= 4 is 5.82 Å². The Morgan fingerprint density at radius 1 is 1.10 bits per heavy atom. The minimum absolute atomic E-state index is 0.632. The molecular weight excluding hydrogens is 248 g/mol. The van der Waals surface area contributed by atoms with Crippen molar-refractivity contribution in [2.24, 2.45) is 5.92 Å². The highest BCUT2D eigenvalue weighted by atomic mass is 15.3. The van der Waals surface area contributed by atoms with Crippen LogP contribution >= 0.6 is 0 Å². The lowest BCUT2D eigenvalue weighted by molar-refractivity contribution is 0.562. The van der Waals surface area contributed by atoms with Gasteiger partial charge >= 0.3 is 0 Å². The van der Waals surface area contributed by atoms with Crippen LogP contribution in [0.1, 0.15) is 6.92 Å². The molecule has 0 aliphatic carbocycles. The van der Waals surface area contributed by atoms with Crippen molar-refractivity contribution in [3.05, 3.63) is 42.5 Å². The summed E-state index contributed by atoms with van der Waals surface area (Å²) in [6.07, 6.45) is 0. The van der Waals surface area contributed by atoms with Crippen LogP contribution in [0.4, 0.5) is 5.82 Å². The normalized spacial score (nSPS) is 19.6. The van der Waals surface area contributed by atoms with E-state index in [0.717, 1.165) is 43.3 Å². The second-order valence-corrected chi connectivity index (χ2v) is 5.40. The first kappa shape index (κ1) is 13.1. The molecule has 0 bridgehead atoms. The van der Waals surface area contributed by atoms with Crippen LogP contribution in [0, 0.1) is 5.92 Å². The summed E-state index contributed by atoms with van der Waals surface area (Å²) in [4.78, 5) is 2.31. The molecule has 1 saturated heterocycles. The first-order valence-electron chi connectivity index (χ1n) is 7.18. The zero-order chi connectivity index (χ0) is 13.8. The van der Waals surface area contributed by atoms with Crippen molar-refractivity contribution in [2.75, 3.05) is 31.1 Å². The number of benzene rings is 1. The summed E-state index contributed by atoms with van der Waals surface area (Å²) >= 11 is 0. The molecule has 4 heteroatoms. The van der Waals surface area contributed by atoms with Crippen molar-refractivity contribution in [3.63, 3.8) is 0 Å². The second kappa shape index (κ2) is 6.01. The summed E-state index contributed by atoms with van der Waals surface area (Å²) in [6, 6.07) is 14.3. The molecule has 4 nitrogen and oxygen atoms in total. The zero-order valence-electron chi connectivity index (χ0n) is 11.8. The Morgan fingerprint density at radius 2 is 1.95 bits per heavy atom. The third-order valence-electron chi connectivity index (χ3n) is 3.63. The van der Waals surface area contributed by atoms with Crippen LogP contribution in [0.3, 0.4) is 0 Å². The topological polar surface area (TPSA) is 41.0 Å². The van der Waals surface area contributed by atoms with Crippen molar-refractivity contribution in [1.82, 2.24) is 15.5 Å². The Labute approximate surface area is 119 Å². The van der Waals surface area contributed by atoms with Crippen molar-refractivity contribution in [2.45, 2.75) is 6.92 Å². The Morgan fingerprint density at radius 3 is 2.70 bits per heavy atom. The lowest BCUT2D eigenvalue weighted by Crippen LogP contribution is -2.30. The highest BCUT2D eigenvalue weighted by Crippen LogP contribution is 2.19. The second-order valence-electron chi connectivity index (χ2n) is 5.40. The van der Waals surface area contributed by atoms with E-state index < -0.39 is 0 Å². The van der Waals surface area contributed by atoms with Gasteiger partial charge in [0.1, 0.15) is 0 Å². The molecule has 1 aromatic heterocycles. The van der Waals surface area contributed by atoms with Crippen LogP contribution in [-0.2, 0) is 0 Å². The van der Waals surface area contributed by atoms with Gasteiger partial charge in [-0.25, -0.2) is 0 Å². The summed E-state index contributed by atoms with van der Waals surface area (Å²) in [7, 11) is 0. The predicted octanol–water partition coefficient (Wildman–Crippen LogP) is 2.19. The SMILES string of the molecule is CC1CNCCN(c2ccc(-c3ccccc3)nn2)C1. The van der Waals surface area contributed by atoms with Crippen molar-refractivity contribution in [3.8, 4) is 11.3 Å². The first-order valence-corrected chi connectivity index (χ1v) is 7.18. The number of rotatable bonds is 2. The number of hydrogen-bond donors (Lipinski definition) is 1. The van der Waals surface area contributed by atoms with Gasteiger partial charge in [0.2, 0.25) is 0 Å². The van der Waals surface area contributed by atoms with Crippen LogP contribution in [-0.4, -0.2) is 36.4 Å². The number of hydrogen-bond acceptors (Lipinski definition) is 4. The molecule has 0 radical (unpaired) electrons. The Hall–Kier alpha value is -1.94. The van der Waals surface area contributed by atoms with E-state index in [1.807, 2.05) is 18.2 Å². The van der Waals surface area contributed by atoms with E-state index in [-0.39, 0.29) is 0 Å². The van der Waals surface area contributed by atoms with Gasteiger partial charge in [0, 0.05) is 25.2 Å². The van der Waals surface area contributed by atoms with Gasteiger partial charge < -0.3 is 10.2 Å². The standard InChI is InChI=1S/C16H20N4/c1-13-11-17-9-10-20(12-13)16-8-7-15(18-19-16)14-5-3-2-4-6-14/h2-8,13,17H,9-12H2,1H3. The van der Waals surface area contributed by atoms with E-state index >= 15 is 0 Å². The number of anilines is 1. The monoisotopic (exact) mass is 268 g/mol. The van der Waals surface area contributed by atoms with Gasteiger partial charge in [-0.3, -0.25) is 0 Å². The average Bonchev–Trinajstić information content (AvgIpc) is 2.73. The molecule has 0 saturated carbocycles. The third kappa shape index (κ3) is 2.96. The Kier molecular flexibility index (Phi) is 3.92. The van der Waals surface area contributed by atoms with Crippen LogP contribution in [0.2, 0.25) is 0 Å². The molecule has 1 N–H and O–H groups in total. The molecular formula is C16H20N4. The minimum atomic E-state index is 0.632. The first-order chi connectivity index (χ1) is 9.83. The zero-order valence-corrected chi connectivity index (χ0v) is 11.8. The lowest BCUT2D eigenvalue weighted by atomic mass is 10.1. The lowest BCUT2D eigenvalue weighted by Gasteiger charge is -2.22. The molecule has 20 heavy (non-hydrogen) atoms. The molecule has 104 valence electrons. The fourth-order valence-electron chi connectivity index (χ4n) is 2.56. The maximum atomic E-state index is 4.40. The summed E-state index contributed by atoms with van der Waals surface area (Å²) in [5.74, 6) is 1.60. The average molecular weight is 268 g/mol. The van der Waals surface area contributed by atoms with E-state index in [4.69, 9.17) is 0 Å². The van der Waals surface area contributed by atoms with Gasteiger partial charge in [-0.05, 0) is 24.6 Å². The highest BCUT2D eigenvalue weighted by Gasteiger charge is 2.16. The van der Waals surface area contributed by atoms with Gasteiger partial charge in [0.25, 0.3) is 0 Å². The van der Waals surface area contributed by atoms with E-state index in [1.54, 1.807) is 0 Å². The molecule has 0 spiro atoms. The van der Waals surface area contributed by atoms with Crippen molar-refractivity contribution < 1.29 is 0 Å². The van der Waals surface area contributed by atoms with Crippen LogP contribution in [0.25, 0.3) is 11.3 Å². The van der Waals surface area contributed by atoms with Crippen LogP contribution in [0.15, 0.2) is 42.5 Å². The van der Waals surface area contributed by atoms with Crippen molar-refractivity contribution in [1.29, 1.82) is 0 Å². The summed E-state index contributed by atoms with van der Waals surface area (Å²) in [5.41, 5.74) is 2.03. The maximum absolute atomic E-state index is 4.40. The van der Waals surface area contributed by atoms with E-state index in [9.17, 15) is 0 Å². The molecule has 0 amide bonds. The molecule has 1 aliphatic rings. The Bertz CT molecular complexity index is 538. The highest BCUT2D eigenvalue weighted by molar-refractivity contribution is 5.59. The molecule has 3 rings (SSSR count). The molecule has 2 aromatic rings. The van der Waals surface area contributed by atoms with E-state index in [0.29, 0.717) is 5.92 Å². The van der Waals surface area contributed by atoms with E-state index in [2.05, 4.69) is 51.6 Å². The smallest absolute Gasteiger partial charge is 0.151 e. The fourth-order valence-corrected chi connectivity index (χ4v) is 2.56. The maximum Gasteiger partial charge on any atom is 0.151 e. The van der Waals surface area contributed by atoms with Gasteiger partial charge in [0.15, 0.2) is 5.82 Å². The number of nitrogens with one attached hydrogen (secondary N) is 1. The molecule has 1 aromatic carbocycles. The van der Waals surface area contributed by atoms with Gasteiger partial charge in [-0.15, -0.1) is 10.2 Å². The quantitative estimate of drug-likeness (QED) is 0.906. The van der Waals surface area contributed by atoms with Gasteiger partial charge in [-0.1, -0.05) is 37.3 Å². The molecule has 1 atom stereocenters. The minimum Gasteiger partial charge on any atom is -0.354 e. The van der Waals surface area contributed by atoms with Crippen LogP contribution < -0.4 is 10.2 Å². The number of aromatic nitrogens is 2. The van der Waals surface area contributed by atoms with Crippen LogP contribution in [0.5, 0.6) is 0 Å². The molecule has 1 unspecified atom stereocenters. The van der Waals surface area contributed by atoms with Gasteiger partial charge in [-0.2, -0.15) is 0 Å². The van der Waals surface area contributed by atoms with E-state index in [1.165, 1.54) is 0 Å².